The minimum atomic E-state index is -3.33. The van der Waals surface area contributed by atoms with Gasteiger partial charge in [-0.2, -0.15) is 0 Å². The van der Waals surface area contributed by atoms with Gasteiger partial charge in [-0.15, -0.1) is 0 Å². The fourth-order valence-electron chi connectivity index (χ4n) is 2.10. The van der Waals surface area contributed by atoms with Gasteiger partial charge in [-0.3, -0.25) is 9.52 Å². The summed E-state index contributed by atoms with van der Waals surface area (Å²) in [5.41, 5.74) is 1.68. The quantitative estimate of drug-likeness (QED) is 0.747. The largest absolute Gasteiger partial charge is 0.352 e. The van der Waals surface area contributed by atoms with Crippen LogP contribution in [0.15, 0.2) is 36.9 Å². The molecule has 0 aliphatic heterocycles. The average Bonchev–Trinajstić information content (AvgIpc) is 2.97. The van der Waals surface area contributed by atoms with Gasteiger partial charge >= 0.3 is 0 Å². The number of hydrogen-bond donors (Lipinski definition) is 2. The molecule has 0 atom stereocenters. The number of carbonyl (C=O) groups excluding carboxylic acids is 1. The highest BCUT2D eigenvalue weighted by Gasteiger charge is 2.09. The first kappa shape index (κ1) is 17.0. The third-order valence-corrected chi connectivity index (χ3v) is 3.81. The summed E-state index contributed by atoms with van der Waals surface area (Å²) in [4.78, 5) is 16.0. The Hall–Kier alpha value is -2.35. The number of aryl methyl sites for hydroxylation is 2. The third kappa shape index (κ3) is 5.41. The lowest BCUT2D eigenvalue weighted by molar-refractivity contribution is 0.0952. The number of hydrogen-bond acceptors (Lipinski definition) is 4. The molecule has 2 aromatic rings. The highest BCUT2D eigenvalue weighted by molar-refractivity contribution is 7.92. The number of nitrogens with one attached hydrogen (secondary N) is 2. The van der Waals surface area contributed by atoms with Gasteiger partial charge in [-0.25, -0.2) is 13.4 Å². The Morgan fingerprint density at radius 3 is 2.74 bits per heavy atom. The molecular formula is C15H20N4O3S. The molecule has 0 spiro atoms. The molecule has 1 aromatic heterocycles. The van der Waals surface area contributed by atoms with Crippen molar-refractivity contribution in [2.24, 2.45) is 0 Å². The summed E-state index contributed by atoms with van der Waals surface area (Å²) < 4.78 is 26.9. The molecule has 8 heteroatoms. The number of carbonyl (C=O) groups is 1. The third-order valence-electron chi connectivity index (χ3n) is 3.22. The van der Waals surface area contributed by atoms with E-state index in [0.717, 1.165) is 19.2 Å². The Morgan fingerprint density at radius 2 is 2.13 bits per heavy atom. The van der Waals surface area contributed by atoms with Crippen LogP contribution in [0.5, 0.6) is 0 Å². The SMILES string of the molecule is Cc1cc(C(=O)NCCCn2ccnc2)ccc1NS(C)(=O)=O. The fourth-order valence-corrected chi connectivity index (χ4v) is 2.73. The molecule has 0 fully saturated rings. The van der Waals surface area contributed by atoms with E-state index >= 15 is 0 Å². The van der Waals surface area contributed by atoms with Crippen LogP contribution in [0, 0.1) is 6.92 Å². The van der Waals surface area contributed by atoms with Crippen LogP contribution in [0.3, 0.4) is 0 Å². The molecule has 0 aliphatic carbocycles. The van der Waals surface area contributed by atoms with Gasteiger partial charge in [0.05, 0.1) is 18.3 Å². The first-order valence-electron chi connectivity index (χ1n) is 7.17. The standard InChI is InChI=1S/C15H20N4O3S/c1-12-10-13(4-5-14(12)18-23(2,21)22)15(20)17-6-3-8-19-9-7-16-11-19/h4-5,7,9-11,18H,3,6,8H2,1-2H3,(H,17,20). The van der Waals surface area contributed by atoms with Crippen molar-refractivity contribution in [1.82, 2.24) is 14.9 Å². The number of anilines is 1. The van der Waals surface area contributed by atoms with Gasteiger partial charge in [0.25, 0.3) is 5.91 Å². The van der Waals surface area contributed by atoms with Gasteiger partial charge in [0, 0.05) is 31.0 Å². The molecule has 0 saturated heterocycles. The van der Waals surface area contributed by atoms with Crippen molar-refractivity contribution in [2.75, 3.05) is 17.5 Å². The average molecular weight is 336 g/mol. The molecule has 2 rings (SSSR count). The highest BCUT2D eigenvalue weighted by Crippen LogP contribution is 2.17. The topological polar surface area (TPSA) is 93.1 Å². The monoisotopic (exact) mass is 336 g/mol. The smallest absolute Gasteiger partial charge is 0.251 e. The number of amides is 1. The second kappa shape index (κ2) is 7.28. The van der Waals surface area contributed by atoms with Crippen LogP contribution in [0.25, 0.3) is 0 Å². The van der Waals surface area contributed by atoms with E-state index < -0.39 is 10.0 Å². The van der Waals surface area contributed by atoms with Crippen LogP contribution in [0.4, 0.5) is 5.69 Å². The molecule has 1 amide bonds. The minimum Gasteiger partial charge on any atom is -0.352 e. The van der Waals surface area contributed by atoms with Gasteiger partial charge in [0.1, 0.15) is 0 Å². The second-order valence-corrected chi connectivity index (χ2v) is 7.06. The van der Waals surface area contributed by atoms with E-state index in [4.69, 9.17) is 0 Å². The zero-order valence-electron chi connectivity index (χ0n) is 13.1. The Labute approximate surface area is 135 Å². The van der Waals surface area contributed by atoms with E-state index in [1.807, 2.05) is 10.8 Å². The van der Waals surface area contributed by atoms with Gasteiger partial charge in [0.15, 0.2) is 0 Å². The second-order valence-electron chi connectivity index (χ2n) is 5.31. The number of imidazole rings is 1. The Bertz CT molecular complexity index is 770. The molecule has 0 unspecified atom stereocenters. The van der Waals surface area contributed by atoms with Crippen molar-refractivity contribution >= 4 is 21.6 Å². The number of benzene rings is 1. The first-order valence-corrected chi connectivity index (χ1v) is 9.07. The minimum absolute atomic E-state index is 0.176. The summed E-state index contributed by atoms with van der Waals surface area (Å²) in [6.07, 6.45) is 7.22. The number of sulfonamides is 1. The molecule has 0 bridgehead atoms. The Balaban J connectivity index is 1.88. The van der Waals surface area contributed by atoms with Gasteiger partial charge in [-0.1, -0.05) is 0 Å². The van der Waals surface area contributed by atoms with Gasteiger partial charge < -0.3 is 9.88 Å². The van der Waals surface area contributed by atoms with Gasteiger partial charge in [-0.05, 0) is 37.1 Å². The van der Waals surface area contributed by atoms with Crippen molar-refractivity contribution in [3.63, 3.8) is 0 Å². The normalized spacial score (nSPS) is 11.2. The van der Waals surface area contributed by atoms with Crippen LogP contribution in [-0.4, -0.2) is 36.7 Å². The number of aromatic nitrogens is 2. The molecule has 124 valence electrons. The lowest BCUT2D eigenvalue weighted by Gasteiger charge is -2.10. The molecule has 0 aliphatic rings. The highest BCUT2D eigenvalue weighted by atomic mass is 32.2. The van der Waals surface area contributed by atoms with Crippen molar-refractivity contribution < 1.29 is 13.2 Å². The number of rotatable bonds is 7. The maximum atomic E-state index is 12.1. The van der Waals surface area contributed by atoms with Crippen LogP contribution >= 0.6 is 0 Å². The zero-order chi connectivity index (χ0) is 16.9. The van der Waals surface area contributed by atoms with Crippen LogP contribution in [0.2, 0.25) is 0 Å². The van der Waals surface area contributed by atoms with E-state index in [1.54, 1.807) is 37.6 Å². The van der Waals surface area contributed by atoms with E-state index in [2.05, 4.69) is 15.0 Å². The van der Waals surface area contributed by atoms with E-state index in [-0.39, 0.29) is 5.91 Å². The maximum absolute atomic E-state index is 12.1. The molecule has 23 heavy (non-hydrogen) atoms. The van der Waals surface area contributed by atoms with Crippen molar-refractivity contribution in [1.29, 1.82) is 0 Å². The summed E-state index contributed by atoms with van der Waals surface area (Å²) >= 11 is 0. The van der Waals surface area contributed by atoms with Crippen molar-refractivity contribution in [3.05, 3.63) is 48.0 Å². The molecule has 7 nitrogen and oxygen atoms in total. The van der Waals surface area contributed by atoms with Crippen molar-refractivity contribution in [2.45, 2.75) is 19.9 Å². The molecular weight excluding hydrogens is 316 g/mol. The summed E-state index contributed by atoms with van der Waals surface area (Å²) in [5.74, 6) is -0.176. The summed E-state index contributed by atoms with van der Waals surface area (Å²) in [5, 5.41) is 2.84. The predicted octanol–water partition coefficient (Wildman–Crippen LogP) is 1.38. The lowest BCUT2D eigenvalue weighted by Crippen LogP contribution is -2.25. The van der Waals surface area contributed by atoms with Crippen LogP contribution < -0.4 is 10.0 Å². The first-order chi connectivity index (χ1) is 10.8. The summed E-state index contributed by atoms with van der Waals surface area (Å²) in [6, 6.07) is 4.86. The Morgan fingerprint density at radius 1 is 1.35 bits per heavy atom. The Kier molecular flexibility index (Phi) is 5.38. The summed E-state index contributed by atoms with van der Waals surface area (Å²) in [6.45, 7) is 3.10. The fraction of sp³-hybridized carbons (Fsp3) is 0.333. The summed E-state index contributed by atoms with van der Waals surface area (Å²) in [7, 11) is -3.33. The zero-order valence-corrected chi connectivity index (χ0v) is 13.9. The van der Waals surface area contributed by atoms with Gasteiger partial charge in [0.2, 0.25) is 10.0 Å². The van der Waals surface area contributed by atoms with E-state index in [1.165, 1.54) is 0 Å². The van der Waals surface area contributed by atoms with E-state index in [9.17, 15) is 13.2 Å². The molecule has 0 saturated carbocycles. The maximum Gasteiger partial charge on any atom is 0.251 e. The molecule has 2 N–H and O–H groups in total. The van der Waals surface area contributed by atoms with Crippen LogP contribution in [0.1, 0.15) is 22.3 Å². The molecule has 1 heterocycles. The van der Waals surface area contributed by atoms with Crippen molar-refractivity contribution in [3.8, 4) is 0 Å². The molecule has 0 radical (unpaired) electrons. The van der Waals surface area contributed by atoms with E-state index in [0.29, 0.717) is 23.4 Å². The van der Waals surface area contributed by atoms with Crippen LogP contribution in [-0.2, 0) is 16.6 Å². The molecule has 1 aromatic carbocycles. The lowest BCUT2D eigenvalue weighted by atomic mass is 10.1. The number of nitrogens with zero attached hydrogens (tertiary/aromatic N) is 2. The predicted molar refractivity (Wildman–Crippen MR) is 88.8 cm³/mol.